The zero-order valence-electron chi connectivity index (χ0n) is 11.1. The number of nitriles is 1. The van der Waals surface area contributed by atoms with Crippen molar-refractivity contribution in [3.8, 4) is 6.07 Å². The van der Waals surface area contributed by atoms with Crippen LogP contribution >= 0.6 is 0 Å². The third-order valence-corrected chi connectivity index (χ3v) is 2.43. The van der Waals surface area contributed by atoms with Crippen LogP contribution in [0.2, 0.25) is 0 Å². The highest BCUT2D eigenvalue weighted by atomic mass is 19.1. The maximum Gasteiger partial charge on any atom is 0.303 e. The number of aliphatic carboxylic acids is 1. The van der Waals surface area contributed by atoms with Gasteiger partial charge in [-0.05, 0) is 24.6 Å². The van der Waals surface area contributed by atoms with Crippen molar-refractivity contribution in [3.63, 3.8) is 0 Å². The highest BCUT2D eigenvalue weighted by Gasteiger charge is 2.08. The third-order valence-electron chi connectivity index (χ3n) is 2.43. The number of nitrogens with zero attached hydrogens (tertiary/aromatic N) is 1. The van der Waals surface area contributed by atoms with Gasteiger partial charge in [-0.3, -0.25) is 9.59 Å². The lowest BCUT2D eigenvalue weighted by molar-refractivity contribution is -0.137. The number of carboxylic acid groups (broad SMARTS) is 1. The monoisotopic (exact) mass is 291 g/mol. The molecule has 6 nitrogen and oxygen atoms in total. The first kappa shape index (κ1) is 16.2. The van der Waals surface area contributed by atoms with Crippen molar-refractivity contribution in [1.82, 2.24) is 5.32 Å². The Morgan fingerprint density at radius 2 is 2.19 bits per heavy atom. The van der Waals surface area contributed by atoms with E-state index in [-0.39, 0.29) is 25.0 Å². The standard InChI is InChI=1S/C14H14FN3O3/c15-11-3-1-4-12(7-11)18-9-10(8-16)14(21)17-6-2-5-13(19)20/h1,3-4,7,9,18H,2,5-6H2,(H,17,21)(H,19,20)/b10-9-. The average Bonchev–Trinajstić information content (AvgIpc) is 2.44. The molecule has 0 fully saturated rings. The van der Waals surface area contributed by atoms with Gasteiger partial charge in [0.05, 0.1) is 0 Å². The Balaban J connectivity index is 2.53. The van der Waals surface area contributed by atoms with Crippen molar-refractivity contribution in [2.75, 3.05) is 11.9 Å². The Labute approximate surface area is 120 Å². The van der Waals surface area contributed by atoms with Crippen LogP contribution in [0.15, 0.2) is 36.0 Å². The average molecular weight is 291 g/mol. The maximum atomic E-state index is 12.9. The van der Waals surface area contributed by atoms with Crippen molar-refractivity contribution in [3.05, 3.63) is 41.9 Å². The van der Waals surface area contributed by atoms with Crippen LogP contribution in [0, 0.1) is 17.1 Å². The predicted molar refractivity (Wildman–Crippen MR) is 73.6 cm³/mol. The van der Waals surface area contributed by atoms with Gasteiger partial charge < -0.3 is 15.7 Å². The number of benzene rings is 1. The summed E-state index contributed by atoms with van der Waals surface area (Å²) in [5.74, 6) is -2.01. The minimum atomic E-state index is -0.951. The van der Waals surface area contributed by atoms with E-state index in [9.17, 15) is 14.0 Å². The molecule has 1 rings (SSSR count). The van der Waals surface area contributed by atoms with Gasteiger partial charge in [0.1, 0.15) is 17.5 Å². The van der Waals surface area contributed by atoms with E-state index in [0.717, 1.165) is 0 Å². The SMILES string of the molecule is N#C/C(=C/Nc1cccc(F)c1)C(=O)NCCCC(=O)O. The van der Waals surface area contributed by atoms with Gasteiger partial charge in [-0.25, -0.2) is 4.39 Å². The summed E-state index contributed by atoms with van der Waals surface area (Å²) in [6, 6.07) is 7.28. The fraction of sp³-hybridized carbons (Fsp3) is 0.214. The zero-order chi connectivity index (χ0) is 15.7. The molecule has 21 heavy (non-hydrogen) atoms. The molecule has 0 heterocycles. The smallest absolute Gasteiger partial charge is 0.303 e. The van der Waals surface area contributed by atoms with E-state index in [1.807, 2.05) is 0 Å². The molecule has 7 heteroatoms. The number of carboxylic acids is 1. The molecule has 0 atom stereocenters. The van der Waals surface area contributed by atoms with Crippen molar-refractivity contribution >= 4 is 17.6 Å². The molecule has 0 saturated heterocycles. The Hall–Kier alpha value is -2.88. The second-order valence-corrected chi connectivity index (χ2v) is 4.08. The van der Waals surface area contributed by atoms with Gasteiger partial charge in [0.2, 0.25) is 0 Å². The maximum absolute atomic E-state index is 12.9. The van der Waals surface area contributed by atoms with E-state index >= 15 is 0 Å². The molecule has 0 unspecified atom stereocenters. The number of carbonyl (C=O) groups is 2. The Kier molecular flexibility index (Phi) is 6.41. The first-order valence-electron chi connectivity index (χ1n) is 6.15. The topological polar surface area (TPSA) is 102 Å². The Morgan fingerprint density at radius 1 is 1.43 bits per heavy atom. The minimum absolute atomic E-state index is 0.0621. The van der Waals surface area contributed by atoms with E-state index in [1.165, 1.54) is 24.4 Å². The van der Waals surface area contributed by atoms with Crippen LogP contribution in [0.5, 0.6) is 0 Å². The summed E-state index contributed by atoms with van der Waals surface area (Å²) >= 11 is 0. The normalized spacial score (nSPS) is 10.6. The first-order chi connectivity index (χ1) is 10.0. The Bertz CT molecular complexity index is 593. The number of halogens is 1. The fourth-order valence-corrected chi connectivity index (χ4v) is 1.42. The van der Waals surface area contributed by atoms with Crippen molar-refractivity contribution < 1.29 is 19.1 Å². The van der Waals surface area contributed by atoms with E-state index in [2.05, 4.69) is 10.6 Å². The molecule has 0 radical (unpaired) electrons. The molecule has 1 aromatic carbocycles. The quantitative estimate of drug-likeness (QED) is 0.402. The second-order valence-electron chi connectivity index (χ2n) is 4.08. The summed E-state index contributed by atoms with van der Waals surface area (Å²) in [4.78, 5) is 21.9. The van der Waals surface area contributed by atoms with Crippen LogP contribution in [0.25, 0.3) is 0 Å². The molecule has 0 spiro atoms. The molecular weight excluding hydrogens is 277 g/mol. The van der Waals surface area contributed by atoms with Crippen molar-refractivity contribution in [1.29, 1.82) is 5.26 Å². The third kappa shape index (κ3) is 6.20. The van der Waals surface area contributed by atoms with Crippen LogP contribution < -0.4 is 10.6 Å². The lowest BCUT2D eigenvalue weighted by Gasteiger charge is -2.04. The molecule has 3 N–H and O–H groups in total. The number of anilines is 1. The Morgan fingerprint density at radius 3 is 2.81 bits per heavy atom. The van der Waals surface area contributed by atoms with E-state index < -0.39 is 17.7 Å². The van der Waals surface area contributed by atoms with E-state index in [4.69, 9.17) is 10.4 Å². The number of rotatable bonds is 7. The molecule has 0 aliphatic rings. The summed E-state index contributed by atoms with van der Waals surface area (Å²) < 4.78 is 12.9. The molecule has 1 amide bonds. The fourth-order valence-electron chi connectivity index (χ4n) is 1.42. The van der Waals surface area contributed by atoms with Crippen LogP contribution in [0.3, 0.4) is 0 Å². The summed E-state index contributed by atoms with van der Waals surface area (Å²) in [5.41, 5.74) is 0.219. The van der Waals surface area contributed by atoms with Crippen molar-refractivity contribution in [2.24, 2.45) is 0 Å². The predicted octanol–water partition coefficient (Wildman–Crippen LogP) is 1.63. The van der Waals surface area contributed by atoms with Gasteiger partial charge in [-0.1, -0.05) is 6.07 Å². The minimum Gasteiger partial charge on any atom is -0.481 e. The molecule has 0 aliphatic carbocycles. The molecule has 110 valence electrons. The molecule has 0 saturated carbocycles. The number of hydrogen-bond donors (Lipinski definition) is 3. The van der Waals surface area contributed by atoms with E-state index in [0.29, 0.717) is 5.69 Å². The molecule has 0 bridgehead atoms. The largest absolute Gasteiger partial charge is 0.481 e. The first-order valence-corrected chi connectivity index (χ1v) is 6.15. The molecule has 0 aromatic heterocycles. The number of nitrogens with one attached hydrogen (secondary N) is 2. The van der Waals surface area contributed by atoms with Gasteiger partial charge in [-0.15, -0.1) is 0 Å². The molecule has 1 aromatic rings. The summed E-state index contributed by atoms with van der Waals surface area (Å²) in [6.07, 6.45) is 1.38. The van der Waals surface area contributed by atoms with Crippen LogP contribution in [-0.2, 0) is 9.59 Å². The summed E-state index contributed by atoms with van der Waals surface area (Å²) in [5, 5.41) is 22.4. The lowest BCUT2D eigenvalue weighted by atomic mass is 10.2. The highest BCUT2D eigenvalue weighted by Crippen LogP contribution is 2.09. The number of amides is 1. The zero-order valence-corrected chi connectivity index (χ0v) is 11.1. The van der Waals surface area contributed by atoms with Gasteiger partial charge in [-0.2, -0.15) is 5.26 Å². The van der Waals surface area contributed by atoms with Gasteiger partial charge in [0.25, 0.3) is 5.91 Å². The van der Waals surface area contributed by atoms with Crippen molar-refractivity contribution in [2.45, 2.75) is 12.8 Å². The summed E-state index contributed by atoms with van der Waals surface area (Å²) in [6.45, 7) is 0.157. The highest BCUT2D eigenvalue weighted by molar-refractivity contribution is 5.97. The van der Waals surface area contributed by atoms with Gasteiger partial charge >= 0.3 is 5.97 Å². The summed E-state index contributed by atoms with van der Waals surface area (Å²) in [7, 11) is 0. The van der Waals surface area contributed by atoms with Gasteiger partial charge in [0.15, 0.2) is 0 Å². The van der Waals surface area contributed by atoms with E-state index in [1.54, 1.807) is 12.1 Å². The lowest BCUT2D eigenvalue weighted by Crippen LogP contribution is -2.26. The molecule has 0 aliphatic heterocycles. The van der Waals surface area contributed by atoms with Crippen LogP contribution in [0.1, 0.15) is 12.8 Å². The van der Waals surface area contributed by atoms with Crippen LogP contribution in [0.4, 0.5) is 10.1 Å². The van der Waals surface area contributed by atoms with Crippen LogP contribution in [-0.4, -0.2) is 23.5 Å². The number of carbonyl (C=O) groups excluding carboxylic acids is 1. The second kappa shape index (κ2) is 8.32. The van der Waals surface area contributed by atoms with Gasteiger partial charge in [0, 0.05) is 24.9 Å². The molecular formula is C14H14FN3O3. The number of hydrogen-bond acceptors (Lipinski definition) is 4.